The number of nitrogens with two attached hydrogens (primary N) is 1. The predicted octanol–water partition coefficient (Wildman–Crippen LogP) is -0.276. The highest BCUT2D eigenvalue weighted by Crippen LogP contribution is 2.09. The minimum atomic E-state index is 0.307. The van der Waals surface area contributed by atoms with Crippen molar-refractivity contribution >= 4 is 0 Å². The van der Waals surface area contributed by atoms with Gasteiger partial charge in [-0.1, -0.05) is 0 Å². The van der Waals surface area contributed by atoms with Gasteiger partial charge < -0.3 is 15.7 Å². The predicted molar refractivity (Wildman–Crippen MR) is 62.8 cm³/mol. The monoisotopic (exact) mass is 215 g/mol. The Morgan fingerprint density at radius 3 is 2.67 bits per heavy atom. The zero-order chi connectivity index (χ0) is 11.1. The van der Waals surface area contributed by atoms with Crippen molar-refractivity contribution in [1.82, 2.24) is 9.80 Å². The van der Waals surface area contributed by atoms with E-state index in [2.05, 4.69) is 16.7 Å². The van der Waals surface area contributed by atoms with Crippen LogP contribution >= 0.6 is 0 Å². The molecule has 4 heteroatoms. The van der Waals surface area contributed by atoms with Crippen LogP contribution in [0.3, 0.4) is 0 Å². The Morgan fingerprint density at radius 1 is 1.27 bits per heavy atom. The number of aliphatic hydroxyl groups excluding tert-OH is 1. The zero-order valence-electron chi connectivity index (χ0n) is 9.86. The fraction of sp³-hybridized carbons (Fsp3) is 1.00. The third-order valence-corrected chi connectivity index (χ3v) is 3.13. The van der Waals surface area contributed by atoms with Crippen LogP contribution in [0.4, 0.5) is 0 Å². The molecule has 1 heterocycles. The fourth-order valence-electron chi connectivity index (χ4n) is 2.19. The molecule has 0 spiro atoms. The van der Waals surface area contributed by atoms with E-state index in [1.165, 1.54) is 0 Å². The molecule has 4 nitrogen and oxygen atoms in total. The van der Waals surface area contributed by atoms with Crippen LogP contribution in [-0.2, 0) is 0 Å². The summed E-state index contributed by atoms with van der Waals surface area (Å²) in [7, 11) is 0. The maximum Gasteiger partial charge on any atom is 0.0443 e. The number of aliphatic hydroxyl groups is 1. The van der Waals surface area contributed by atoms with Crippen molar-refractivity contribution in [3.05, 3.63) is 0 Å². The summed E-state index contributed by atoms with van der Waals surface area (Å²) in [4.78, 5) is 4.96. The first-order valence-electron chi connectivity index (χ1n) is 6.05. The zero-order valence-corrected chi connectivity index (χ0v) is 9.86. The number of nitrogens with zero attached hydrogens (tertiary/aromatic N) is 2. The van der Waals surface area contributed by atoms with Gasteiger partial charge in [-0.25, -0.2) is 0 Å². The molecule has 1 saturated heterocycles. The van der Waals surface area contributed by atoms with Gasteiger partial charge in [0.05, 0.1) is 0 Å². The summed E-state index contributed by atoms with van der Waals surface area (Å²) in [5.74, 6) is 0. The van der Waals surface area contributed by atoms with E-state index in [0.717, 1.165) is 52.1 Å². The Kier molecular flexibility index (Phi) is 6.17. The molecule has 0 aliphatic carbocycles. The molecule has 1 unspecified atom stereocenters. The van der Waals surface area contributed by atoms with Crippen molar-refractivity contribution in [1.29, 1.82) is 0 Å². The highest BCUT2D eigenvalue weighted by molar-refractivity contribution is 4.78. The molecule has 1 atom stereocenters. The van der Waals surface area contributed by atoms with Crippen molar-refractivity contribution in [3.8, 4) is 0 Å². The first-order chi connectivity index (χ1) is 7.27. The minimum absolute atomic E-state index is 0.307. The Morgan fingerprint density at radius 2 is 2.07 bits per heavy atom. The van der Waals surface area contributed by atoms with Crippen LogP contribution in [0.1, 0.15) is 19.8 Å². The summed E-state index contributed by atoms with van der Waals surface area (Å²) < 4.78 is 0. The topological polar surface area (TPSA) is 52.7 Å². The number of piperazine rings is 1. The summed E-state index contributed by atoms with van der Waals surface area (Å²) >= 11 is 0. The third-order valence-electron chi connectivity index (χ3n) is 3.13. The van der Waals surface area contributed by atoms with Crippen LogP contribution in [0.2, 0.25) is 0 Å². The first kappa shape index (κ1) is 12.9. The van der Waals surface area contributed by atoms with Gasteiger partial charge in [0.2, 0.25) is 0 Å². The summed E-state index contributed by atoms with van der Waals surface area (Å²) in [6, 6.07) is 0.629. The van der Waals surface area contributed by atoms with Crippen LogP contribution < -0.4 is 5.73 Å². The molecule has 0 amide bonds. The van der Waals surface area contributed by atoms with Gasteiger partial charge in [0.1, 0.15) is 0 Å². The van der Waals surface area contributed by atoms with E-state index in [9.17, 15) is 0 Å². The normalized spacial score (nSPS) is 24.6. The molecule has 0 aromatic rings. The van der Waals surface area contributed by atoms with Crippen molar-refractivity contribution in [3.63, 3.8) is 0 Å². The fourth-order valence-corrected chi connectivity index (χ4v) is 2.19. The van der Waals surface area contributed by atoms with Crippen molar-refractivity contribution in [2.45, 2.75) is 25.8 Å². The Bertz CT molecular complexity index is 166. The summed E-state index contributed by atoms with van der Waals surface area (Å²) in [5, 5.41) is 8.78. The molecular formula is C11H25N3O. The van der Waals surface area contributed by atoms with Gasteiger partial charge >= 0.3 is 0 Å². The van der Waals surface area contributed by atoms with E-state index in [-0.39, 0.29) is 0 Å². The molecule has 1 fully saturated rings. The average molecular weight is 215 g/mol. The minimum Gasteiger partial charge on any atom is -0.396 e. The molecule has 0 bridgehead atoms. The van der Waals surface area contributed by atoms with Crippen LogP contribution in [0.5, 0.6) is 0 Å². The van der Waals surface area contributed by atoms with Crippen LogP contribution in [0.15, 0.2) is 0 Å². The Balaban J connectivity index is 2.21. The molecule has 0 saturated carbocycles. The average Bonchev–Trinajstić information content (AvgIpc) is 2.25. The van der Waals surface area contributed by atoms with Gasteiger partial charge in [-0.3, -0.25) is 4.90 Å². The van der Waals surface area contributed by atoms with Crippen LogP contribution in [0, 0.1) is 0 Å². The molecule has 15 heavy (non-hydrogen) atoms. The molecule has 1 aliphatic rings. The summed E-state index contributed by atoms with van der Waals surface area (Å²) in [5.41, 5.74) is 5.52. The second-order valence-electron chi connectivity index (χ2n) is 4.40. The maximum absolute atomic E-state index is 8.78. The maximum atomic E-state index is 8.78. The molecule has 90 valence electrons. The number of hydrogen-bond donors (Lipinski definition) is 2. The van der Waals surface area contributed by atoms with E-state index in [1.54, 1.807) is 0 Å². The highest BCUT2D eigenvalue weighted by Gasteiger charge is 2.22. The standard InChI is InChI=1S/C11H25N3O/c1-11-10-13(5-3-9-15)7-8-14(11)6-2-4-12/h11,15H,2-10,12H2,1H3. The summed E-state index contributed by atoms with van der Waals surface area (Å²) in [6.07, 6.45) is 2.00. The van der Waals surface area contributed by atoms with Gasteiger partial charge in [-0.15, -0.1) is 0 Å². The van der Waals surface area contributed by atoms with Crippen LogP contribution in [-0.4, -0.2) is 66.8 Å². The molecule has 3 N–H and O–H groups in total. The van der Waals surface area contributed by atoms with E-state index in [0.29, 0.717) is 12.6 Å². The van der Waals surface area contributed by atoms with Gasteiger partial charge in [0.15, 0.2) is 0 Å². The second kappa shape index (κ2) is 7.17. The van der Waals surface area contributed by atoms with Gasteiger partial charge in [-0.2, -0.15) is 0 Å². The Hall–Kier alpha value is -0.160. The lowest BCUT2D eigenvalue weighted by molar-refractivity contribution is 0.0787. The second-order valence-corrected chi connectivity index (χ2v) is 4.40. The largest absolute Gasteiger partial charge is 0.396 e. The van der Waals surface area contributed by atoms with Crippen LogP contribution in [0.25, 0.3) is 0 Å². The van der Waals surface area contributed by atoms with Crippen molar-refractivity contribution < 1.29 is 5.11 Å². The molecule has 0 radical (unpaired) electrons. The molecule has 1 aliphatic heterocycles. The molecular weight excluding hydrogens is 190 g/mol. The lowest BCUT2D eigenvalue weighted by Gasteiger charge is -2.39. The van der Waals surface area contributed by atoms with E-state index >= 15 is 0 Å². The quantitative estimate of drug-likeness (QED) is 0.640. The first-order valence-corrected chi connectivity index (χ1v) is 6.05. The van der Waals surface area contributed by atoms with Crippen molar-refractivity contribution in [2.75, 3.05) is 45.9 Å². The van der Waals surface area contributed by atoms with E-state index < -0.39 is 0 Å². The molecule has 0 aromatic heterocycles. The third kappa shape index (κ3) is 4.47. The van der Waals surface area contributed by atoms with Gasteiger partial charge in [0, 0.05) is 38.8 Å². The SMILES string of the molecule is CC1CN(CCCO)CCN1CCCN. The lowest BCUT2D eigenvalue weighted by Crippen LogP contribution is -2.52. The summed E-state index contributed by atoms with van der Waals surface area (Å²) in [6.45, 7) is 8.95. The molecule has 1 rings (SSSR count). The Labute approximate surface area is 93.0 Å². The smallest absolute Gasteiger partial charge is 0.0443 e. The highest BCUT2D eigenvalue weighted by atomic mass is 16.3. The van der Waals surface area contributed by atoms with Gasteiger partial charge in [0.25, 0.3) is 0 Å². The number of rotatable bonds is 6. The van der Waals surface area contributed by atoms with Gasteiger partial charge in [-0.05, 0) is 32.9 Å². The van der Waals surface area contributed by atoms with E-state index in [1.807, 2.05) is 0 Å². The number of hydrogen-bond acceptors (Lipinski definition) is 4. The molecule has 0 aromatic carbocycles. The lowest BCUT2D eigenvalue weighted by atomic mass is 10.1. The van der Waals surface area contributed by atoms with E-state index in [4.69, 9.17) is 10.8 Å². The van der Waals surface area contributed by atoms with Crippen molar-refractivity contribution in [2.24, 2.45) is 5.73 Å².